The fourth-order valence-corrected chi connectivity index (χ4v) is 0.584. The van der Waals surface area contributed by atoms with Gasteiger partial charge in [0, 0.05) is 0 Å². The summed E-state index contributed by atoms with van der Waals surface area (Å²) in [6.07, 6.45) is 2.82. The summed E-state index contributed by atoms with van der Waals surface area (Å²) in [7, 11) is 0. The van der Waals surface area contributed by atoms with Crippen LogP contribution in [0, 0.1) is 0 Å². The number of isocyanates is 1. The average Bonchev–Trinajstić information content (AvgIpc) is 1.88. The van der Waals surface area contributed by atoms with Gasteiger partial charge in [-0.3, -0.25) is 0 Å². The molecular formula is C6H10FNO. The molecule has 0 N–H and O–H groups in total. The van der Waals surface area contributed by atoms with Crippen molar-refractivity contribution >= 4 is 6.08 Å². The molecule has 9 heavy (non-hydrogen) atoms. The minimum atomic E-state index is -0.553. The number of nitrogens with zero attached hydrogens (tertiary/aromatic N) is 1. The lowest BCUT2D eigenvalue weighted by atomic mass is 10.2. The van der Waals surface area contributed by atoms with Crippen molar-refractivity contribution in [1.29, 1.82) is 0 Å². The Hall–Kier alpha value is -0.690. The van der Waals surface area contributed by atoms with E-state index in [1.54, 1.807) is 0 Å². The quantitative estimate of drug-likeness (QED) is 0.419. The van der Waals surface area contributed by atoms with Crippen LogP contribution in [0.4, 0.5) is 4.39 Å². The Bertz CT molecular complexity index is 110. The molecule has 0 aliphatic carbocycles. The molecule has 0 amide bonds. The molecule has 1 unspecified atom stereocenters. The first-order valence-corrected chi connectivity index (χ1v) is 2.98. The maximum atomic E-state index is 11.8. The van der Waals surface area contributed by atoms with Crippen molar-refractivity contribution in [1.82, 2.24) is 0 Å². The Balaban J connectivity index is 3.53. The van der Waals surface area contributed by atoms with Gasteiger partial charge in [-0.2, -0.15) is 4.99 Å². The Labute approximate surface area is 53.8 Å². The van der Waals surface area contributed by atoms with Crippen LogP contribution in [0.1, 0.15) is 19.8 Å². The summed E-state index contributed by atoms with van der Waals surface area (Å²) in [6.45, 7) is 1.37. The van der Waals surface area contributed by atoms with E-state index >= 15 is 0 Å². The number of rotatable bonds is 4. The summed E-state index contributed by atoms with van der Waals surface area (Å²) in [5.74, 6) is 0. The molecule has 0 bridgehead atoms. The van der Waals surface area contributed by atoms with Crippen molar-refractivity contribution < 1.29 is 9.18 Å². The molecule has 0 radical (unpaired) electrons. The van der Waals surface area contributed by atoms with Crippen molar-refractivity contribution in [3.05, 3.63) is 0 Å². The monoisotopic (exact) mass is 131 g/mol. The van der Waals surface area contributed by atoms with Crippen LogP contribution in [0.25, 0.3) is 0 Å². The van der Waals surface area contributed by atoms with E-state index < -0.39 is 12.7 Å². The van der Waals surface area contributed by atoms with Gasteiger partial charge in [-0.15, -0.1) is 0 Å². The lowest BCUT2D eigenvalue weighted by molar-refractivity contribution is 0.411. The van der Waals surface area contributed by atoms with Crippen molar-refractivity contribution in [3.8, 4) is 0 Å². The third-order valence-electron chi connectivity index (χ3n) is 1.04. The Kier molecular flexibility index (Phi) is 5.03. The average molecular weight is 131 g/mol. The van der Waals surface area contributed by atoms with Crippen LogP contribution >= 0.6 is 0 Å². The van der Waals surface area contributed by atoms with Crippen LogP contribution in [0.15, 0.2) is 4.99 Å². The van der Waals surface area contributed by atoms with Crippen molar-refractivity contribution in [2.75, 3.05) is 6.67 Å². The second kappa shape index (κ2) is 5.45. The van der Waals surface area contributed by atoms with E-state index in [-0.39, 0.29) is 0 Å². The van der Waals surface area contributed by atoms with Gasteiger partial charge in [-0.05, 0) is 6.42 Å². The maximum absolute atomic E-state index is 11.8. The number of carbonyl (C=O) groups excluding carboxylic acids is 1. The maximum Gasteiger partial charge on any atom is 0.235 e. The molecular weight excluding hydrogens is 121 g/mol. The molecule has 0 heterocycles. The summed E-state index contributed by atoms with van der Waals surface area (Å²) >= 11 is 0. The van der Waals surface area contributed by atoms with Gasteiger partial charge in [-0.25, -0.2) is 9.18 Å². The first-order valence-electron chi connectivity index (χ1n) is 2.98. The highest BCUT2D eigenvalue weighted by Gasteiger charge is 2.02. The zero-order chi connectivity index (χ0) is 7.11. The van der Waals surface area contributed by atoms with E-state index in [9.17, 15) is 9.18 Å². The lowest BCUT2D eigenvalue weighted by Gasteiger charge is -2.00. The molecule has 0 aliphatic heterocycles. The van der Waals surface area contributed by atoms with E-state index in [0.717, 1.165) is 6.42 Å². The van der Waals surface area contributed by atoms with E-state index in [0.29, 0.717) is 6.42 Å². The zero-order valence-corrected chi connectivity index (χ0v) is 5.43. The third kappa shape index (κ3) is 3.86. The third-order valence-corrected chi connectivity index (χ3v) is 1.04. The number of alkyl halides is 1. The van der Waals surface area contributed by atoms with Gasteiger partial charge in [0.15, 0.2) is 0 Å². The first-order chi connectivity index (χ1) is 4.35. The van der Waals surface area contributed by atoms with Crippen LogP contribution in [0.5, 0.6) is 0 Å². The van der Waals surface area contributed by atoms with Crippen LogP contribution in [-0.2, 0) is 4.79 Å². The number of hydrogen-bond donors (Lipinski definition) is 0. The second-order valence-electron chi connectivity index (χ2n) is 1.82. The van der Waals surface area contributed by atoms with Gasteiger partial charge in [0.25, 0.3) is 0 Å². The molecule has 0 saturated carbocycles. The molecule has 3 heteroatoms. The van der Waals surface area contributed by atoms with Gasteiger partial charge in [0.2, 0.25) is 6.08 Å². The van der Waals surface area contributed by atoms with Crippen LogP contribution in [-0.4, -0.2) is 18.8 Å². The fourth-order valence-electron chi connectivity index (χ4n) is 0.584. The summed E-state index contributed by atoms with van der Waals surface area (Å²) in [5.41, 5.74) is 0. The minimum absolute atomic E-state index is 0.451. The smallest absolute Gasteiger partial charge is 0.235 e. The molecule has 0 aromatic heterocycles. The molecule has 0 fully saturated rings. The van der Waals surface area contributed by atoms with E-state index in [1.165, 1.54) is 6.08 Å². The molecule has 0 aromatic rings. The largest absolute Gasteiger partial charge is 0.249 e. The van der Waals surface area contributed by atoms with Gasteiger partial charge in [0.05, 0.1) is 6.04 Å². The molecule has 2 nitrogen and oxygen atoms in total. The summed E-state index contributed by atoms with van der Waals surface area (Å²) < 4.78 is 11.8. The second-order valence-corrected chi connectivity index (χ2v) is 1.82. The van der Waals surface area contributed by atoms with Crippen LogP contribution in [0.2, 0.25) is 0 Å². The minimum Gasteiger partial charge on any atom is -0.249 e. The number of halogens is 1. The van der Waals surface area contributed by atoms with E-state index in [2.05, 4.69) is 4.99 Å². The van der Waals surface area contributed by atoms with Gasteiger partial charge in [-0.1, -0.05) is 13.3 Å². The number of hydrogen-bond acceptors (Lipinski definition) is 2. The molecule has 0 spiro atoms. The van der Waals surface area contributed by atoms with Gasteiger partial charge < -0.3 is 0 Å². The van der Waals surface area contributed by atoms with E-state index in [1.807, 2.05) is 6.92 Å². The normalized spacial score (nSPS) is 12.2. The van der Waals surface area contributed by atoms with E-state index in [4.69, 9.17) is 0 Å². The zero-order valence-electron chi connectivity index (χ0n) is 5.43. The summed E-state index contributed by atoms with van der Waals surface area (Å²) in [4.78, 5) is 12.8. The SMILES string of the molecule is CCCC(CF)N=C=O. The topological polar surface area (TPSA) is 29.4 Å². The van der Waals surface area contributed by atoms with Crippen LogP contribution < -0.4 is 0 Å². The Morgan fingerprint density at radius 3 is 2.78 bits per heavy atom. The summed E-state index contributed by atoms with van der Waals surface area (Å²) in [5, 5.41) is 0. The first kappa shape index (κ1) is 8.31. The molecule has 0 aromatic carbocycles. The summed E-state index contributed by atoms with van der Waals surface area (Å²) in [6, 6.07) is -0.451. The van der Waals surface area contributed by atoms with Gasteiger partial charge >= 0.3 is 0 Å². The Morgan fingerprint density at radius 2 is 2.44 bits per heavy atom. The van der Waals surface area contributed by atoms with Gasteiger partial charge in [0.1, 0.15) is 6.67 Å². The fraction of sp³-hybridized carbons (Fsp3) is 0.833. The standard InChI is InChI=1S/C6H10FNO/c1-2-3-6(4-7)8-5-9/h6H,2-4H2,1H3. The van der Waals surface area contributed by atoms with Crippen LogP contribution in [0.3, 0.4) is 0 Å². The predicted octanol–water partition coefficient (Wildman–Crippen LogP) is 1.46. The Morgan fingerprint density at radius 1 is 1.78 bits per heavy atom. The van der Waals surface area contributed by atoms with Crippen molar-refractivity contribution in [2.45, 2.75) is 25.8 Å². The molecule has 0 aliphatic rings. The number of aliphatic imine (C=N–C) groups is 1. The van der Waals surface area contributed by atoms with Crippen molar-refractivity contribution in [2.24, 2.45) is 4.99 Å². The highest BCUT2D eigenvalue weighted by Crippen LogP contribution is 2.00. The predicted molar refractivity (Wildman–Crippen MR) is 32.8 cm³/mol. The molecule has 52 valence electrons. The highest BCUT2D eigenvalue weighted by molar-refractivity contribution is 5.33. The molecule has 0 saturated heterocycles. The van der Waals surface area contributed by atoms with Crippen molar-refractivity contribution in [3.63, 3.8) is 0 Å². The molecule has 0 rings (SSSR count). The highest BCUT2D eigenvalue weighted by atomic mass is 19.1. The lowest BCUT2D eigenvalue weighted by Crippen LogP contribution is -2.05. The molecule has 1 atom stereocenters.